The Morgan fingerprint density at radius 2 is 1.93 bits per heavy atom. The van der Waals surface area contributed by atoms with Gasteiger partial charge in [-0.25, -0.2) is 4.39 Å². The fourth-order valence-electron chi connectivity index (χ4n) is 7.23. The van der Waals surface area contributed by atoms with E-state index < -0.39 is 58.3 Å². The number of Topliss-reactive ketones (excluding diaryl/α,β-unsaturated/α-hetero) is 1. The molecule has 0 bridgehead atoms. The van der Waals surface area contributed by atoms with Gasteiger partial charge in [0.2, 0.25) is 0 Å². The molecule has 0 saturated heterocycles. The standard InChI is InChI=1S/C22H27FO5.2Na/c1-12-8-16-15-5-4-13-9-14(25)6-7-19(13,2)21(15,23)17(26)10-20(16,3)22(12,28)18(27)11-24;;/h6-7,9,12,15-17,26H,4-5,8,10-11H2,1-3H3;;/q-2;2*+1/t12-,15-,16-,17-,19-,20-,21-,22-;;/m0../s1. The normalized spacial score (nSPS) is 49.0. The van der Waals surface area contributed by atoms with Crippen LogP contribution < -0.4 is 69.3 Å². The van der Waals surface area contributed by atoms with Gasteiger partial charge < -0.3 is 20.1 Å². The number of hydrogen-bond acceptors (Lipinski definition) is 5. The smallest absolute Gasteiger partial charge is 0.849 e. The molecule has 0 aromatic heterocycles. The van der Waals surface area contributed by atoms with Crippen LogP contribution in [0.15, 0.2) is 23.8 Å². The van der Waals surface area contributed by atoms with Crippen molar-refractivity contribution in [2.24, 2.45) is 28.6 Å². The summed E-state index contributed by atoms with van der Waals surface area (Å²) < 4.78 is 16.8. The Hall–Kier alpha value is 0.630. The molecule has 0 spiro atoms. The molecule has 0 unspecified atom stereocenters. The van der Waals surface area contributed by atoms with Crippen LogP contribution in [0.3, 0.4) is 0 Å². The first-order valence-electron chi connectivity index (χ1n) is 10.1. The number of fused-ring (bicyclic) bond motifs is 5. The van der Waals surface area contributed by atoms with E-state index in [0.717, 1.165) is 0 Å². The zero-order chi connectivity index (χ0) is 20.7. The van der Waals surface area contributed by atoms with Gasteiger partial charge in [-0.2, -0.15) is 0 Å². The predicted octanol–water partition coefficient (Wildman–Crippen LogP) is -5.36. The van der Waals surface area contributed by atoms with Crippen molar-refractivity contribution in [1.82, 2.24) is 0 Å². The van der Waals surface area contributed by atoms with Crippen LogP contribution in [0.4, 0.5) is 4.39 Å². The molecule has 4 aliphatic rings. The number of carbonyl (C=O) groups is 2. The molecule has 0 aromatic rings. The molecule has 3 fully saturated rings. The van der Waals surface area contributed by atoms with E-state index >= 15 is 4.39 Å². The monoisotopic (exact) mass is 436 g/mol. The molecule has 0 aromatic carbocycles. The van der Waals surface area contributed by atoms with Gasteiger partial charge in [0.25, 0.3) is 0 Å². The van der Waals surface area contributed by atoms with Gasteiger partial charge >= 0.3 is 59.1 Å². The first kappa shape index (κ1) is 26.9. The average Bonchev–Trinajstić information content (AvgIpc) is 2.84. The van der Waals surface area contributed by atoms with Gasteiger partial charge in [-0.05, 0) is 67.6 Å². The minimum Gasteiger partial charge on any atom is -0.849 e. The van der Waals surface area contributed by atoms with Crippen LogP contribution >= 0.6 is 0 Å². The summed E-state index contributed by atoms with van der Waals surface area (Å²) in [4.78, 5) is 24.2. The second-order valence-corrected chi connectivity index (χ2v) is 9.70. The van der Waals surface area contributed by atoms with Gasteiger partial charge in [-0.1, -0.05) is 32.1 Å². The summed E-state index contributed by atoms with van der Waals surface area (Å²) in [5.41, 5.74) is -5.73. The third-order valence-electron chi connectivity index (χ3n) is 8.73. The van der Waals surface area contributed by atoms with Crippen LogP contribution in [0.5, 0.6) is 0 Å². The van der Waals surface area contributed by atoms with E-state index in [0.29, 0.717) is 24.8 Å². The summed E-state index contributed by atoms with van der Waals surface area (Å²) in [6.07, 6.45) is 4.06. The Balaban J connectivity index is 0.00000160. The van der Waals surface area contributed by atoms with Gasteiger partial charge in [0.05, 0.1) is 6.10 Å². The molecular weight excluding hydrogens is 409 g/mol. The van der Waals surface area contributed by atoms with Crippen LogP contribution in [-0.4, -0.2) is 40.7 Å². The van der Waals surface area contributed by atoms with E-state index in [1.54, 1.807) is 26.8 Å². The van der Waals surface area contributed by atoms with E-state index in [1.165, 1.54) is 12.2 Å². The SMILES string of the molecule is C[C@H]1C[C@H]2[C@@H]3CCC4=CC(=O)C=C[C@]4(C)[C@@]3(F)[C@@H](O)C[C@]2(C)[C@@]1([O-])C(=O)C[O-].[Na+].[Na+]. The number of allylic oxidation sites excluding steroid dienone is 4. The molecule has 0 radical (unpaired) electrons. The van der Waals surface area contributed by atoms with Gasteiger partial charge in [0.15, 0.2) is 11.5 Å². The number of ketones is 2. The van der Waals surface area contributed by atoms with Crippen molar-refractivity contribution in [1.29, 1.82) is 0 Å². The van der Waals surface area contributed by atoms with Crippen molar-refractivity contribution in [2.45, 2.75) is 63.8 Å². The Morgan fingerprint density at radius 3 is 2.53 bits per heavy atom. The van der Waals surface area contributed by atoms with E-state index in [1.807, 2.05) is 0 Å². The Bertz CT molecular complexity index is 815. The van der Waals surface area contributed by atoms with E-state index in [4.69, 9.17) is 0 Å². The van der Waals surface area contributed by atoms with Crippen LogP contribution in [0.25, 0.3) is 0 Å². The topological polar surface area (TPSA) is 100 Å². The maximum absolute atomic E-state index is 16.8. The van der Waals surface area contributed by atoms with Crippen LogP contribution in [0.2, 0.25) is 0 Å². The van der Waals surface area contributed by atoms with E-state index in [9.17, 15) is 24.9 Å². The summed E-state index contributed by atoms with van der Waals surface area (Å²) in [5, 5.41) is 36.1. The Morgan fingerprint density at radius 1 is 1.30 bits per heavy atom. The molecule has 30 heavy (non-hydrogen) atoms. The quantitative estimate of drug-likeness (QED) is 0.436. The number of aliphatic hydroxyl groups is 1. The maximum Gasteiger partial charge on any atom is 1.00 e. The molecule has 154 valence electrons. The minimum absolute atomic E-state index is 0. The van der Waals surface area contributed by atoms with Gasteiger partial charge in [0.1, 0.15) is 5.78 Å². The number of hydrogen-bond donors (Lipinski definition) is 1. The zero-order valence-electron chi connectivity index (χ0n) is 18.5. The first-order valence-corrected chi connectivity index (χ1v) is 10.1. The molecule has 4 rings (SSSR count). The third-order valence-corrected chi connectivity index (χ3v) is 8.73. The summed E-state index contributed by atoms with van der Waals surface area (Å²) in [6, 6.07) is 0. The van der Waals surface area contributed by atoms with Crippen LogP contribution in [0, 0.1) is 28.6 Å². The number of carbonyl (C=O) groups excluding carboxylic acids is 2. The molecule has 0 aliphatic heterocycles. The van der Waals surface area contributed by atoms with Crippen molar-refractivity contribution in [2.75, 3.05) is 6.61 Å². The molecule has 5 nitrogen and oxygen atoms in total. The van der Waals surface area contributed by atoms with Crippen molar-refractivity contribution in [3.8, 4) is 0 Å². The zero-order valence-corrected chi connectivity index (χ0v) is 22.5. The average molecular weight is 436 g/mol. The van der Waals surface area contributed by atoms with Crippen molar-refractivity contribution >= 4 is 11.6 Å². The molecular formula is C22H27FNa2O5. The van der Waals surface area contributed by atoms with Gasteiger partial charge in [-0.15, -0.1) is 0 Å². The molecule has 1 N–H and O–H groups in total. The fraction of sp³-hybridized carbons (Fsp3) is 0.727. The molecule has 0 heterocycles. The second-order valence-electron chi connectivity index (χ2n) is 9.70. The number of rotatable bonds is 2. The number of aliphatic hydroxyl groups excluding tert-OH is 1. The van der Waals surface area contributed by atoms with Crippen molar-refractivity contribution < 1.29 is 88.4 Å². The Kier molecular flexibility index (Phi) is 7.57. The van der Waals surface area contributed by atoms with Crippen LogP contribution in [-0.2, 0) is 9.59 Å². The number of halogens is 1. The fourth-order valence-corrected chi connectivity index (χ4v) is 7.23. The molecule has 8 atom stereocenters. The predicted molar refractivity (Wildman–Crippen MR) is 95.5 cm³/mol. The van der Waals surface area contributed by atoms with Crippen molar-refractivity contribution in [3.63, 3.8) is 0 Å². The molecule has 0 amide bonds. The summed E-state index contributed by atoms with van der Waals surface area (Å²) >= 11 is 0. The van der Waals surface area contributed by atoms with Gasteiger partial charge in [0, 0.05) is 11.3 Å². The third kappa shape index (κ3) is 3.05. The summed E-state index contributed by atoms with van der Waals surface area (Å²) in [7, 11) is 0. The molecule has 3 saturated carbocycles. The maximum atomic E-state index is 16.8. The number of alkyl halides is 1. The van der Waals surface area contributed by atoms with Gasteiger partial charge in [-0.3, -0.25) is 4.79 Å². The molecule has 4 aliphatic carbocycles. The minimum atomic E-state index is -2.10. The van der Waals surface area contributed by atoms with Crippen LogP contribution in [0.1, 0.15) is 46.5 Å². The Labute approximate surface area is 221 Å². The summed E-state index contributed by atoms with van der Waals surface area (Å²) in [5.74, 6) is -2.66. The van der Waals surface area contributed by atoms with E-state index in [2.05, 4.69) is 0 Å². The summed E-state index contributed by atoms with van der Waals surface area (Å²) in [6.45, 7) is 3.96. The molecule has 8 heteroatoms. The second kappa shape index (κ2) is 8.44. The van der Waals surface area contributed by atoms with Crippen molar-refractivity contribution in [3.05, 3.63) is 23.8 Å². The van der Waals surface area contributed by atoms with E-state index in [-0.39, 0.29) is 71.3 Å². The largest absolute Gasteiger partial charge is 1.00 e. The first-order chi connectivity index (χ1) is 13.0.